The number of alkyl carbamates (subject to hydrolysis) is 1. The Hall–Kier alpha value is -3.69. The Morgan fingerprint density at radius 2 is 1.79 bits per heavy atom. The average molecular weight is 460 g/mol. The molecule has 0 aliphatic heterocycles. The van der Waals surface area contributed by atoms with Gasteiger partial charge in [-0.3, -0.25) is 4.98 Å². The van der Waals surface area contributed by atoms with Crippen LogP contribution in [0, 0.1) is 6.92 Å². The standard InChI is InChI=1S/C23H23F3N4O3/c1-13-17(9-14(11-27-13)12-28-21(32)33-22(2,3)4)19-10-18(29-20(31)30-19)15-5-7-16(8-6-15)23(24,25)26/h5-11H,12H2,1-4H3,(H,28,32)(H,29,30,31). The number of halogens is 3. The second-order valence-electron chi connectivity index (χ2n) is 8.39. The predicted molar refractivity (Wildman–Crippen MR) is 116 cm³/mol. The van der Waals surface area contributed by atoms with Crippen LogP contribution in [0.4, 0.5) is 18.0 Å². The van der Waals surface area contributed by atoms with E-state index < -0.39 is 29.1 Å². The summed E-state index contributed by atoms with van der Waals surface area (Å²) in [6.45, 7) is 7.16. The van der Waals surface area contributed by atoms with Gasteiger partial charge in [-0.15, -0.1) is 0 Å². The number of aromatic amines is 1. The monoisotopic (exact) mass is 460 g/mol. The number of amides is 1. The highest BCUT2D eigenvalue weighted by atomic mass is 19.4. The van der Waals surface area contributed by atoms with Crippen molar-refractivity contribution in [2.75, 3.05) is 0 Å². The molecule has 0 fully saturated rings. The summed E-state index contributed by atoms with van der Waals surface area (Å²) in [5.74, 6) is 0. The molecule has 0 atom stereocenters. The Kier molecular flexibility index (Phi) is 6.57. The van der Waals surface area contributed by atoms with Crippen LogP contribution < -0.4 is 11.0 Å². The lowest BCUT2D eigenvalue weighted by Crippen LogP contribution is -2.32. The molecular weight excluding hydrogens is 437 g/mol. The van der Waals surface area contributed by atoms with Gasteiger partial charge in [-0.1, -0.05) is 12.1 Å². The molecule has 1 amide bonds. The third-order valence-corrected chi connectivity index (χ3v) is 4.52. The molecular formula is C23H23F3N4O3. The van der Waals surface area contributed by atoms with Crippen LogP contribution in [0.1, 0.15) is 37.6 Å². The number of nitrogens with zero attached hydrogens (tertiary/aromatic N) is 2. The van der Waals surface area contributed by atoms with E-state index in [9.17, 15) is 22.8 Å². The van der Waals surface area contributed by atoms with E-state index >= 15 is 0 Å². The Balaban J connectivity index is 1.89. The minimum atomic E-state index is -4.46. The Labute approximate surface area is 188 Å². The highest BCUT2D eigenvalue weighted by molar-refractivity contribution is 5.70. The second kappa shape index (κ2) is 9.05. The van der Waals surface area contributed by atoms with Crippen molar-refractivity contribution in [3.63, 3.8) is 0 Å². The van der Waals surface area contributed by atoms with Crippen molar-refractivity contribution in [3.8, 4) is 22.5 Å². The van der Waals surface area contributed by atoms with Crippen LogP contribution in [0.25, 0.3) is 22.5 Å². The smallest absolute Gasteiger partial charge is 0.416 e. The van der Waals surface area contributed by atoms with Crippen molar-refractivity contribution in [1.29, 1.82) is 0 Å². The normalized spacial score (nSPS) is 11.8. The number of alkyl halides is 3. The molecule has 0 saturated carbocycles. The molecule has 174 valence electrons. The lowest BCUT2D eigenvalue weighted by molar-refractivity contribution is -0.137. The number of hydrogen-bond donors (Lipinski definition) is 2. The summed E-state index contributed by atoms with van der Waals surface area (Å²) in [5, 5.41) is 2.64. The van der Waals surface area contributed by atoms with E-state index in [1.165, 1.54) is 12.1 Å². The van der Waals surface area contributed by atoms with Crippen LogP contribution in [0.3, 0.4) is 0 Å². The Morgan fingerprint density at radius 3 is 2.39 bits per heavy atom. The van der Waals surface area contributed by atoms with Gasteiger partial charge in [0.1, 0.15) is 5.60 Å². The first-order chi connectivity index (χ1) is 15.3. The summed E-state index contributed by atoms with van der Waals surface area (Å²) in [7, 11) is 0. The third kappa shape index (κ3) is 6.41. The first kappa shape index (κ1) is 24.0. The number of aryl methyl sites for hydroxylation is 1. The second-order valence-corrected chi connectivity index (χ2v) is 8.39. The number of pyridine rings is 1. The number of carbonyl (C=O) groups is 1. The number of hydrogen-bond acceptors (Lipinski definition) is 5. The van der Waals surface area contributed by atoms with E-state index in [0.29, 0.717) is 28.1 Å². The molecule has 2 aromatic heterocycles. The zero-order valence-corrected chi connectivity index (χ0v) is 18.5. The van der Waals surface area contributed by atoms with Crippen molar-refractivity contribution < 1.29 is 22.7 Å². The van der Waals surface area contributed by atoms with E-state index in [4.69, 9.17) is 4.74 Å². The van der Waals surface area contributed by atoms with Gasteiger partial charge in [0.25, 0.3) is 0 Å². The van der Waals surface area contributed by atoms with E-state index in [2.05, 4.69) is 20.3 Å². The highest BCUT2D eigenvalue weighted by Crippen LogP contribution is 2.31. The summed E-state index contributed by atoms with van der Waals surface area (Å²) in [6, 6.07) is 7.73. The molecule has 0 saturated heterocycles. The molecule has 0 radical (unpaired) electrons. The molecule has 0 bridgehead atoms. The number of rotatable bonds is 4. The third-order valence-electron chi connectivity index (χ3n) is 4.52. The van der Waals surface area contributed by atoms with Gasteiger partial charge in [-0.05, 0) is 57.5 Å². The first-order valence-corrected chi connectivity index (χ1v) is 10.0. The maximum Gasteiger partial charge on any atom is 0.416 e. The van der Waals surface area contributed by atoms with E-state index in [1.54, 1.807) is 46.0 Å². The summed E-state index contributed by atoms with van der Waals surface area (Å²) in [6.07, 6.45) is -3.44. The molecule has 0 aliphatic carbocycles. The lowest BCUT2D eigenvalue weighted by Gasteiger charge is -2.19. The van der Waals surface area contributed by atoms with Crippen molar-refractivity contribution in [3.05, 3.63) is 69.9 Å². The number of H-pyrrole nitrogens is 1. The molecule has 0 aliphatic rings. The molecule has 3 aromatic rings. The summed E-state index contributed by atoms with van der Waals surface area (Å²) in [4.78, 5) is 34.9. The number of aromatic nitrogens is 3. The molecule has 3 rings (SSSR count). The fraction of sp³-hybridized carbons (Fsp3) is 0.304. The molecule has 10 heteroatoms. The number of ether oxygens (including phenoxy) is 1. The van der Waals surface area contributed by atoms with Crippen LogP contribution >= 0.6 is 0 Å². The molecule has 1 aromatic carbocycles. The minimum Gasteiger partial charge on any atom is -0.444 e. The van der Waals surface area contributed by atoms with Crippen molar-refractivity contribution in [2.24, 2.45) is 0 Å². The van der Waals surface area contributed by atoms with Gasteiger partial charge in [-0.2, -0.15) is 18.2 Å². The number of carbonyl (C=O) groups excluding carboxylic acids is 1. The van der Waals surface area contributed by atoms with Gasteiger partial charge in [0.15, 0.2) is 0 Å². The van der Waals surface area contributed by atoms with Crippen molar-refractivity contribution >= 4 is 6.09 Å². The van der Waals surface area contributed by atoms with E-state index in [0.717, 1.165) is 12.1 Å². The van der Waals surface area contributed by atoms with Crippen molar-refractivity contribution in [2.45, 2.75) is 46.0 Å². The summed E-state index contributed by atoms with van der Waals surface area (Å²) in [5.41, 5.74) is 0.765. The van der Waals surface area contributed by atoms with Crippen LogP contribution in [-0.2, 0) is 17.5 Å². The van der Waals surface area contributed by atoms with E-state index in [-0.39, 0.29) is 12.2 Å². The number of nitrogens with one attached hydrogen (secondary N) is 2. The SMILES string of the molecule is Cc1ncc(CNC(=O)OC(C)(C)C)cc1-c1cc(-c2ccc(C(F)(F)F)cc2)nc(=O)[nH]1. The van der Waals surface area contributed by atoms with Crippen LogP contribution in [0.2, 0.25) is 0 Å². The molecule has 0 unspecified atom stereocenters. The quantitative estimate of drug-likeness (QED) is 0.580. The molecule has 7 nitrogen and oxygen atoms in total. The van der Waals surface area contributed by atoms with E-state index in [1.807, 2.05) is 0 Å². The van der Waals surface area contributed by atoms with Gasteiger partial charge in [-0.25, -0.2) is 9.59 Å². The zero-order chi connectivity index (χ0) is 24.4. The largest absolute Gasteiger partial charge is 0.444 e. The average Bonchev–Trinajstić information content (AvgIpc) is 2.71. The van der Waals surface area contributed by atoms with Gasteiger partial charge < -0.3 is 15.0 Å². The van der Waals surface area contributed by atoms with Crippen LogP contribution in [0.5, 0.6) is 0 Å². The maximum absolute atomic E-state index is 12.8. The van der Waals surface area contributed by atoms with Gasteiger partial charge in [0.2, 0.25) is 0 Å². The van der Waals surface area contributed by atoms with Gasteiger partial charge in [0.05, 0.1) is 17.0 Å². The summed E-state index contributed by atoms with van der Waals surface area (Å²) < 4.78 is 43.7. The molecule has 33 heavy (non-hydrogen) atoms. The fourth-order valence-corrected chi connectivity index (χ4v) is 3.01. The lowest BCUT2D eigenvalue weighted by atomic mass is 10.0. The summed E-state index contributed by atoms with van der Waals surface area (Å²) >= 11 is 0. The molecule has 2 heterocycles. The Morgan fingerprint density at radius 1 is 1.12 bits per heavy atom. The number of benzene rings is 1. The fourth-order valence-electron chi connectivity index (χ4n) is 3.01. The minimum absolute atomic E-state index is 0.149. The molecule has 2 N–H and O–H groups in total. The Bertz CT molecular complexity index is 1210. The topological polar surface area (TPSA) is 97.0 Å². The van der Waals surface area contributed by atoms with Crippen molar-refractivity contribution in [1.82, 2.24) is 20.3 Å². The van der Waals surface area contributed by atoms with Crippen LogP contribution in [-0.4, -0.2) is 26.6 Å². The molecule has 0 spiro atoms. The highest BCUT2D eigenvalue weighted by Gasteiger charge is 2.30. The zero-order valence-electron chi connectivity index (χ0n) is 18.5. The maximum atomic E-state index is 12.8. The first-order valence-electron chi connectivity index (χ1n) is 10.0. The van der Waals surface area contributed by atoms with Gasteiger partial charge >= 0.3 is 18.0 Å². The van der Waals surface area contributed by atoms with Crippen LogP contribution in [0.15, 0.2) is 47.4 Å². The predicted octanol–water partition coefficient (Wildman–Crippen LogP) is 4.85. The van der Waals surface area contributed by atoms with Gasteiger partial charge in [0, 0.05) is 29.6 Å².